The molecule has 0 fully saturated rings. The zero-order valence-corrected chi connectivity index (χ0v) is 6.16. The Morgan fingerprint density at radius 1 is 1.12 bits per heavy atom. The molecule has 5 heteroatoms. The minimum atomic E-state index is -0.954. The van der Waals surface area contributed by atoms with E-state index in [4.69, 9.17) is 15.3 Å². The smallest absolute Gasteiger partial charge is 0.100 e. The predicted molar refractivity (Wildman–Crippen MR) is 36.3 cm³/mol. The van der Waals surface area contributed by atoms with Crippen LogP contribution in [-0.4, -0.2) is 34.6 Å². The molecule has 0 bridgehead atoms. The van der Waals surface area contributed by atoms with Crippen molar-refractivity contribution in [1.82, 2.24) is 6.15 Å². The van der Waals surface area contributed by atoms with Crippen molar-refractivity contribution in [3.8, 4) is 0 Å². The molecule has 0 heterocycles. The Labute approximate surface area is 51.7 Å². The Balaban J connectivity index is -0.000000125. The van der Waals surface area contributed by atoms with E-state index >= 15 is 0 Å². The van der Waals surface area contributed by atoms with E-state index in [2.05, 4.69) is 0 Å². The van der Waals surface area contributed by atoms with Gasteiger partial charge in [0.2, 0.25) is 0 Å². The third-order valence-corrected chi connectivity index (χ3v) is 0.421. The Morgan fingerprint density at radius 3 is 1.38 bits per heavy atom. The van der Waals surface area contributed by atoms with Crippen molar-refractivity contribution in [2.45, 2.75) is 6.10 Å². The third kappa shape index (κ3) is 9.55. The van der Waals surface area contributed by atoms with E-state index in [0.717, 1.165) is 0 Å². The summed E-state index contributed by atoms with van der Waals surface area (Å²) < 4.78 is 0. The number of rotatable bonds is 2. The maximum Gasteiger partial charge on any atom is 0.100 e. The molecule has 0 rings (SSSR count). The van der Waals surface area contributed by atoms with Crippen LogP contribution >= 0.6 is 9.90 Å². The molecule has 0 aromatic heterocycles. The molecule has 0 aliphatic rings. The monoisotopic (exact) mass is 143 g/mol. The molecule has 0 radical (unpaired) electrons. The van der Waals surface area contributed by atoms with Crippen LogP contribution in [0.2, 0.25) is 0 Å². The van der Waals surface area contributed by atoms with Crippen molar-refractivity contribution in [2.75, 3.05) is 13.2 Å². The highest BCUT2D eigenvalue weighted by molar-refractivity contribution is 6.92. The molecule has 0 aromatic carbocycles. The molecule has 0 aliphatic carbocycles. The van der Waals surface area contributed by atoms with Gasteiger partial charge in [0.25, 0.3) is 0 Å². The van der Waals surface area contributed by atoms with Gasteiger partial charge in [-0.15, -0.1) is 0 Å². The fraction of sp³-hybridized carbons (Fsp3) is 1.00. The molecule has 0 saturated heterocycles. The molecule has 0 aromatic rings. The van der Waals surface area contributed by atoms with E-state index in [1.807, 2.05) is 0 Å². The lowest BCUT2D eigenvalue weighted by Crippen LogP contribution is -2.15. The number of aliphatic hydroxyl groups excluding tert-OH is 3. The molecule has 1 atom stereocenters. The average molecular weight is 143 g/mol. The largest absolute Gasteiger partial charge is 0.394 e. The zero-order chi connectivity index (χ0) is 4.99. The van der Waals surface area contributed by atoms with Gasteiger partial charge in [0.15, 0.2) is 0 Å². The van der Waals surface area contributed by atoms with Crippen LogP contribution in [0.3, 0.4) is 0 Å². The van der Waals surface area contributed by atoms with Gasteiger partial charge in [-0.25, -0.2) is 0 Å². The zero-order valence-electron chi connectivity index (χ0n) is 4.75. The lowest BCUT2D eigenvalue weighted by Gasteiger charge is -1.96. The first kappa shape index (κ1) is 15.7. The van der Waals surface area contributed by atoms with Crippen molar-refractivity contribution in [1.29, 1.82) is 0 Å². The van der Waals surface area contributed by atoms with Crippen molar-refractivity contribution >= 4 is 9.90 Å². The van der Waals surface area contributed by atoms with E-state index < -0.39 is 6.10 Å². The Kier molecular flexibility index (Phi) is 20.2. The summed E-state index contributed by atoms with van der Waals surface area (Å²) in [6, 6.07) is 0. The molecule has 1 unspecified atom stereocenters. The van der Waals surface area contributed by atoms with Crippen LogP contribution in [0.15, 0.2) is 0 Å². The lowest BCUT2D eigenvalue weighted by atomic mass is 10.4. The molecule has 0 saturated carbocycles. The summed E-state index contributed by atoms with van der Waals surface area (Å²) in [5.74, 6) is 0. The minimum absolute atomic E-state index is 0. The highest BCUT2D eigenvalue weighted by atomic mass is 31.0. The second kappa shape index (κ2) is 10.3. The van der Waals surface area contributed by atoms with Crippen LogP contribution in [0.1, 0.15) is 0 Å². The molecule has 0 aliphatic heterocycles. The standard InChI is InChI=1S/C3H8O3.H3N.H3P/c4-1-3(6)2-5;;/h3-6H,1-2H2;2*1H3. The SMILES string of the molecule is N.OCC(O)CO.P. The van der Waals surface area contributed by atoms with Gasteiger partial charge in [-0.3, -0.25) is 0 Å². The number of hydrogen-bond acceptors (Lipinski definition) is 4. The average Bonchev–Trinajstić information content (AvgIpc) is 1.65. The van der Waals surface area contributed by atoms with Crippen LogP contribution in [0.5, 0.6) is 0 Å². The Morgan fingerprint density at radius 2 is 1.38 bits per heavy atom. The summed E-state index contributed by atoms with van der Waals surface area (Å²) in [4.78, 5) is 0. The first-order chi connectivity index (χ1) is 2.81. The first-order valence-corrected chi connectivity index (χ1v) is 1.71. The fourth-order valence-electron chi connectivity index (χ4n) is 0.0577. The molecule has 0 amide bonds. The second-order valence-corrected chi connectivity index (χ2v) is 1.02. The molecular formula is C3H14NO3P. The highest BCUT2D eigenvalue weighted by Crippen LogP contribution is 1.71. The quantitative estimate of drug-likeness (QED) is 0.356. The van der Waals surface area contributed by atoms with E-state index in [1.165, 1.54) is 0 Å². The normalized spacial score (nSPS) is 7.50. The van der Waals surface area contributed by atoms with Crippen molar-refractivity contribution in [3.05, 3.63) is 0 Å². The molecule has 4 nitrogen and oxygen atoms in total. The van der Waals surface area contributed by atoms with Crippen LogP contribution in [0.25, 0.3) is 0 Å². The van der Waals surface area contributed by atoms with Crippen LogP contribution < -0.4 is 6.15 Å². The van der Waals surface area contributed by atoms with Gasteiger partial charge < -0.3 is 21.5 Å². The summed E-state index contributed by atoms with van der Waals surface area (Å²) in [5.41, 5.74) is 0. The van der Waals surface area contributed by atoms with E-state index in [9.17, 15) is 0 Å². The van der Waals surface area contributed by atoms with E-state index in [-0.39, 0.29) is 29.3 Å². The fourth-order valence-corrected chi connectivity index (χ4v) is 0.0577. The van der Waals surface area contributed by atoms with Crippen molar-refractivity contribution in [3.63, 3.8) is 0 Å². The van der Waals surface area contributed by atoms with E-state index in [1.54, 1.807) is 0 Å². The van der Waals surface area contributed by atoms with Gasteiger partial charge in [-0.05, 0) is 0 Å². The maximum atomic E-state index is 8.17. The third-order valence-electron chi connectivity index (χ3n) is 0.421. The van der Waals surface area contributed by atoms with Crippen LogP contribution in [-0.2, 0) is 0 Å². The van der Waals surface area contributed by atoms with Gasteiger partial charge in [0.05, 0.1) is 13.2 Å². The molecule has 8 heavy (non-hydrogen) atoms. The lowest BCUT2D eigenvalue weighted by molar-refractivity contribution is 0.0450. The van der Waals surface area contributed by atoms with Gasteiger partial charge in [-0.2, -0.15) is 9.90 Å². The van der Waals surface area contributed by atoms with Crippen molar-refractivity contribution < 1.29 is 15.3 Å². The summed E-state index contributed by atoms with van der Waals surface area (Å²) in [6.07, 6.45) is -0.954. The maximum absolute atomic E-state index is 8.17. The Hall–Kier alpha value is 0.270. The molecule has 54 valence electrons. The molecule has 0 spiro atoms. The van der Waals surface area contributed by atoms with Gasteiger partial charge in [0, 0.05) is 0 Å². The van der Waals surface area contributed by atoms with E-state index in [0.29, 0.717) is 0 Å². The van der Waals surface area contributed by atoms with Crippen LogP contribution in [0, 0.1) is 0 Å². The summed E-state index contributed by atoms with van der Waals surface area (Å²) in [5, 5.41) is 24.0. The van der Waals surface area contributed by atoms with Crippen molar-refractivity contribution in [2.24, 2.45) is 0 Å². The molecular weight excluding hydrogens is 129 g/mol. The first-order valence-electron chi connectivity index (χ1n) is 1.71. The van der Waals surface area contributed by atoms with Crippen LogP contribution in [0.4, 0.5) is 0 Å². The topological polar surface area (TPSA) is 95.7 Å². The number of aliphatic hydroxyl groups is 3. The van der Waals surface area contributed by atoms with Gasteiger partial charge in [0.1, 0.15) is 6.10 Å². The summed E-state index contributed by atoms with van der Waals surface area (Å²) in [6.45, 7) is -0.729. The second-order valence-electron chi connectivity index (χ2n) is 1.02. The van der Waals surface area contributed by atoms with Gasteiger partial charge in [-0.1, -0.05) is 0 Å². The highest BCUT2D eigenvalue weighted by Gasteiger charge is 1.93. The predicted octanol–water partition coefficient (Wildman–Crippen LogP) is -1.45. The molecule has 6 N–H and O–H groups in total. The minimum Gasteiger partial charge on any atom is -0.394 e. The summed E-state index contributed by atoms with van der Waals surface area (Å²) in [7, 11) is 0. The van der Waals surface area contributed by atoms with Gasteiger partial charge >= 0.3 is 0 Å². The summed E-state index contributed by atoms with van der Waals surface area (Å²) >= 11 is 0. The number of hydrogen-bond donors (Lipinski definition) is 4. The Bertz CT molecular complexity index is 33.7.